The van der Waals surface area contributed by atoms with Crippen molar-refractivity contribution in [2.45, 2.75) is 39.2 Å². The number of hydrogen-bond acceptors (Lipinski definition) is 4. The van der Waals surface area contributed by atoms with Crippen LogP contribution in [-0.4, -0.2) is 41.8 Å². The molecule has 0 spiro atoms. The zero-order valence-electron chi connectivity index (χ0n) is 15.0. The van der Waals surface area contributed by atoms with Gasteiger partial charge < -0.3 is 10.6 Å². The molecule has 0 radical (unpaired) electrons. The van der Waals surface area contributed by atoms with Crippen LogP contribution >= 0.6 is 12.4 Å². The molecule has 2 fully saturated rings. The maximum absolute atomic E-state index is 12.7. The minimum Gasteiger partial charge on any atom is -0.338 e. The molecule has 2 aliphatic heterocycles. The highest BCUT2D eigenvalue weighted by molar-refractivity contribution is 6.01. The predicted octanol–water partition coefficient (Wildman–Crippen LogP) is 1.47. The number of carbonyl (C=O) groups is 3. The number of rotatable bonds is 2. The molecule has 1 aromatic rings. The lowest BCUT2D eigenvalue weighted by Gasteiger charge is -2.42. The molecule has 3 N–H and O–H groups in total. The molecule has 142 valence electrons. The van der Waals surface area contributed by atoms with Gasteiger partial charge in [0.05, 0.1) is 5.69 Å². The fourth-order valence-electron chi connectivity index (χ4n) is 3.27. The third kappa shape index (κ3) is 3.99. The summed E-state index contributed by atoms with van der Waals surface area (Å²) < 4.78 is 0. The van der Waals surface area contributed by atoms with E-state index in [9.17, 15) is 14.4 Å². The number of nitrogens with one attached hydrogen (secondary N) is 1. The first kappa shape index (κ1) is 20.2. The van der Waals surface area contributed by atoms with Crippen LogP contribution in [0.3, 0.4) is 0 Å². The number of amides is 3. The van der Waals surface area contributed by atoms with Gasteiger partial charge in [-0.05, 0) is 36.1 Å². The highest BCUT2D eigenvalue weighted by atomic mass is 35.5. The van der Waals surface area contributed by atoms with E-state index < -0.39 is 0 Å². The fraction of sp³-hybridized carbons (Fsp3) is 0.500. The number of likely N-dealkylation sites (tertiary alicyclic amines) is 1. The van der Waals surface area contributed by atoms with Crippen molar-refractivity contribution < 1.29 is 14.4 Å². The Kier molecular flexibility index (Phi) is 5.93. The summed E-state index contributed by atoms with van der Waals surface area (Å²) in [4.78, 5) is 38.0. The molecule has 26 heavy (non-hydrogen) atoms. The number of halogens is 1. The lowest BCUT2D eigenvalue weighted by atomic mass is 9.79. The lowest BCUT2D eigenvalue weighted by molar-refractivity contribution is -0.130. The van der Waals surface area contributed by atoms with E-state index in [0.29, 0.717) is 24.3 Å². The van der Waals surface area contributed by atoms with Gasteiger partial charge in [-0.1, -0.05) is 13.8 Å². The smallest absolute Gasteiger partial charge is 0.253 e. The van der Waals surface area contributed by atoms with E-state index in [4.69, 9.17) is 5.73 Å². The number of anilines is 1. The molecule has 2 saturated heterocycles. The number of piperidine rings is 1. The molecule has 3 rings (SSSR count). The van der Waals surface area contributed by atoms with Crippen molar-refractivity contribution in [3.63, 3.8) is 0 Å². The van der Waals surface area contributed by atoms with Crippen molar-refractivity contribution in [2.75, 3.05) is 18.1 Å². The van der Waals surface area contributed by atoms with Gasteiger partial charge in [-0.15, -0.1) is 12.4 Å². The average molecular weight is 381 g/mol. The number of nitrogens with zero attached hydrogens (tertiary/aromatic N) is 2. The monoisotopic (exact) mass is 380 g/mol. The summed E-state index contributed by atoms with van der Waals surface area (Å²) in [6.07, 6.45) is 1.18. The van der Waals surface area contributed by atoms with Gasteiger partial charge in [0.1, 0.15) is 0 Å². The van der Waals surface area contributed by atoms with Crippen molar-refractivity contribution in [1.29, 1.82) is 0 Å². The van der Waals surface area contributed by atoms with Crippen molar-refractivity contribution >= 4 is 35.8 Å². The molecular weight excluding hydrogens is 356 g/mol. The number of nitrogens with two attached hydrogens (primary N) is 1. The van der Waals surface area contributed by atoms with E-state index >= 15 is 0 Å². The van der Waals surface area contributed by atoms with E-state index in [-0.39, 0.29) is 54.4 Å². The summed E-state index contributed by atoms with van der Waals surface area (Å²) in [7, 11) is 0. The number of benzene rings is 1. The summed E-state index contributed by atoms with van der Waals surface area (Å²) in [5.41, 5.74) is 9.68. The van der Waals surface area contributed by atoms with Crippen LogP contribution in [-0.2, 0) is 9.59 Å². The summed E-state index contributed by atoms with van der Waals surface area (Å²) in [6.45, 7) is 5.41. The molecular formula is C18H25ClN4O3. The molecule has 0 bridgehead atoms. The first-order chi connectivity index (χ1) is 11.8. The summed E-state index contributed by atoms with van der Waals surface area (Å²) >= 11 is 0. The highest BCUT2D eigenvalue weighted by Gasteiger charge is 2.35. The van der Waals surface area contributed by atoms with Crippen LogP contribution in [0.1, 0.15) is 43.5 Å². The van der Waals surface area contributed by atoms with Crippen LogP contribution in [0.4, 0.5) is 5.69 Å². The van der Waals surface area contributed by atoms with Gasteiger partial charge in [0.15, 0.2) is 0 Å². The maximum Gasteiger partial charge on any atom is 0.253 e. The minimum absolute atomic E-state index is 0. The van der Waals surface area contributed by atoms with Crippen molar-refractivity contribution in [3.05, 3.63) is 29.8 Å². The summed E-state index contributed by atoms with van der Waals surface area (Å²) in [6, 6.07) is 6.82. The van der Waals surface area contributed by atoms with E-state index in [2.05, 4.69) is 19.3 Å². The SMILES string of the molecule is CC1(C)CN(C(=O)c2ccc(N3NC(=O)CCC3=O)cc2)CCC1N.Cl. The topological polar surface area (TPSA) is 95.7 Å². The first-order valence-corrected chi connectivity index (χ1v) is 8.55. The second-order valence-corrected chi connectivity index (χ2v) is 7.42. The van der Waals surface area contributed by atoms with E-state index in [1.807, 2.05) is 4.90 Å². The number of carbonyl (C=O) groups excluding carboxylic acids is 3. The molecule has 2 heterocycles. The second-order valence-electron chi connectivity index (χ2n) is 7.42. The zero-order chi connectivity index (χ0) is 18.2. The Labute approximate surface area is 159 Å². The molecule has 3 amide bonds. The van der Waals surface area contributed by atoms with Gasteiger partial charge in [0.25, 0.3) is 5.91 Å². The van der Waals surface area contributed by atoms with Crippen LogP contribution in [0.2, 0.25) is 0 Å². The molecule has 0 aromatic heterocycles. The van der Waals surface area contributed by atoms with E-state index in [1.165, 1.54) is 5.01 Å². The molecule has 1 unspecified atom stereocenters. The van der Waals surface area contributed by atoms with Gasteiger partial charge in [-0.2, -0.15) is 0 Å². The van der Waals surface area contributed by atoms with Crippen LogP contribution in [0.15, 0.2) is 24.3 Å². The molecule has 7 nitrogen and oxygen atoms in total. The van der Waals surface area contributed by atoms with Crippen LogP contribution < -0.4 is 16.2 Å². The van der Waals surface area contributed by atoms with Gasteiger partial charge in [0.2, 0.25) is 11.8 Å². The standard InChI is InChI=1S/C18H24N4O3.ClH/c1-18(2)11-21(10-9-14(18)19)17(25)12-3-5-13(6-4-12)22-16(24)8-7-15(23)20-22;/h3-6,14H,7-11,19H2,1-2H3,(H,20,23);1H. The summed E-state index contributed by atoms with van der Waals surface area (Å²) in [5.74, 6) is -0.391. The van der Waals surface area contributed by atoms with Crippen LogP contribution in [0.25, 0.3) is 0 Å². The number of hydrogen-bond donors (Lipinski definition) is 2. The van der Waals surface area contributed by atoms with Crippen molar-refractivity contribution in [1.82, 2.24) is 10.3 Å². The largest absolute Gasteiger partial charge is 0.338 e. The van der Waals surface area contributed by atoms with Gasteiger partial charge >= 0.3 is 0 Å². The Morgan fingerprint density at radius 2 is 1.85 bits per heavy atom. The molecule has 1 aromatic carbocycles. The van der Waals surface area contributed by atoms with Crippen LogP contribution in [0.5, 0.6) is 0 Å². The number of hydrazine groups is 1. The molecule has 0 aliphatic carbocycles. The fourth-order valence-corrected chi connectivity index (χ4v) is 3.27. The Hall–Kier alpha value is -2.12. The Bertz CT molecular complexity index is 705. The third-order valence-corrected chi connectivity index (χ3v) is 5.02. The first-order valence-electron chi connectivity index (χ1n) is 8.55. The lowest BCUT2D eigenvalue weighted by Crippen LogP contribution is -2.54. The van der Waals surface area contributed by atoms with Gasteiger partial charge in [-0.3, -0.25) is 19.8 Å². The normalized spacial score (nSPS) is 22.5. The summed E-state index contributed by atoms with van der Waals surface area (Å²) in [5, 5.41) is 1.24. The van der Waals surface area contributed by atoms with Gasteiger partial charge in [-0.25, -0.2) is 5.01 Å². The Balaban J connectivity index is 0.00000243. The zero-order valence-corrected chi connectivity index (χ0v) is 15.8. The van der Waals surface area contributed by atoms with Crippen molar-refractivity contribution in [3.8, 4) is 0 Å². The predicted molar refractivity (Wildman–Crippen MR) is 101 cm³/mol. The quantitative estimate of drug-likeness (QED) is 0.812. The third-order valence-electron chi connectivity index (χ3n) is 5.02. The Morgan fingerprint density at radius 1 is 1.19 bits per heavy atom. The second kappa shape index (κ2) is 7.63. The maximum atomic E-state index is 12.7. The molecule has 8 heteroatoms. The minimum atomic E-state index is -0.188. The Morgan fingerprint density at radius 3 is 2.46 bits per heavy atom. The van der Waals surface area contributed by atoms with Crippen molar-refractivity contribution in [2.24, 2.45) is 11.1 Å². The molecule has 0 saturated carbocycles. The van der Waals surface area contributed by atoms with Gasteiger partial charge in [0, 0.05) is 37.5 Å². The molecule has 1 atom stereocenters. The highest BCUT2D eigenvalue weighted by Crippen LogP contribution is 2.29. The van der Waals surface area contributed by atoms with E-state index in [0.717, 1.165) is 6.42 Å². The van der Waals surface area contributed by atoms with E-state index in [1.54, 1.807) is 24.3 Å². The molecule has 2 aliphatic rings. The average Bonchev–Trinajstić information content (AvgIpc) is 2.59. The van der Waals surface area contributed by atoms with Crippen LogP contribution in [0, 0.1) is 5.41 Å².